The summed E-state index contributed by atoms with van der Waals surface area (Å²) in [7, 11) is -3.28. The van der Waals surface area contributed by atoms with Crippen molar-refractivity contribution >= 4 is 43.2 Å². The second-order valence-corrected chi connectivity index (χ2v) is 6.02. The maximum atomic E-state index is 11.5. The minimum atomic E-state index is -3.28. The van der Waals surface area contributed by atoms with E-state index in [1.54, 1.807) is 18.2 Å². The normalized spacial score (nSPS) is 11.3. The van der Waals surface area contributed by atoms with Gasteiger partial charge in [-0.2, -0.15) is 0 Å². The molecule has 0 spiro atoms. The number of benzene rings is 1. The number of nitrogens with one attached hydrogen (secondary N) is 1. The van der Waals surface area contributed by atoms with E-state index in [4.69, 9.17) is 11.6 Å². The second kappa shape index (κ2) is 5.72. The lowest BCUT2D eigenvalue weighted by molar-refractivity contribution is 0.600. The molecular weight excluding hydrogens is 302 g/mol. The summed E-state index contributed by atoms with van der Waals surface area (Å²) in [5.74, 6) is 0.384. The minimum Gasteiger partial charge on any atom is -0.282 e. The summed E-state index contributed by atoms with van der Waals surface area (Å²) in [5.41, 5.74) is 0.548. The van der Waals surface area contributed by atoms with Crippen LogP contribution >= 0.6 is 27.5 Å². The Kier molecular flexibility index (Phi) is 4.89. The van der Waals surface area contributed by atoms with Crippen molar-refractivity contribution < 1.29 is 8.42 Å². The third kappa shape index (κ3) is 4.40. The molecule has 0 aromatic heterocycles. The molecule has 3 nitrogen and oxygen atoms in total. The molecule has 0 aliphatic heterocycles. The van der Waals surface area contributed by atoms with E-state index >= 15 is 0 Å². The highest BCUT2D eigenvalue weighted by Gasteiger charge is 2.10. The Morgan fingerprint density at radius 1 is 1.33 bits per heavy atom. The summed E-state index contributed by atoms with van der Waals surface area (Å²) in [5, 5.41) is 0. The van der Waals surface area contributed by atoms with E-state index in [9.17, 15) is 8.42 Å². The molecule has 6 heteroatoms. The van der Waals surface area contributed by atoms with Crippen LogP contribution in [0.25, 0.3) is 0 Å². The van der Waals surface area contributed by atoms with E-state index in [2.05, 4.69) is 20.7 Å². The van der Waals surface area contributed by atoms with Gasteiger partial charge in [0.15, 0.2) is 0 Å². The van der Waals surface area contributed by atoms with Crippen molar-refractivity contribution in [1.82, 2.24) is 0 Å². The van der Waals surface area contributed by atoms with Crippen LogP contribution in [0.3, 0.4) is 0 Å². The molecule has 0 amide bonds. The molecule has 0 heterocycles. The van der Waals surface area contributed by atoms with Gasteiger partial charge in [0.05, 0.1) is 11.4 Å². The fraction of sp³-hybridized carbons (Fsp3) is 0.333. The van der Waals surface area contributed by atoms with Crippen molar-refractivity contribution in [3.05, 3.63) is 28.7 Å². The maximum Gasteiger partial charge on any atom is 0.232 e. The lowest BCUT2D eigenvalue weighted by Gasteiger charge is -2.08. The molecule has 0 atom stereocenters. The lowest BCUT2D eigenvalue weighted by Crippen LogP contribution is -2.17. The van der Waals surface area contributed by atoms with Crippen LogP contribution in [0.4, 0.5) is 5.69 Å². The Hall–Kier alpha value is -0.260. The summed E-state index contributed by atoms with van der Waals surface area (Å²) in [6.45, 7) is 0. The molecule has 15 heavy (non-hydrogen) atoms. The number of para-hydroxylation sites is 1. The molecule has 1 N–H and O–H groups in total. The molecule has 1 aromatic rings. The minimum absolute atomic E-state index is 0.0395. The Balaban J connectivity index is 2.74. The average molecular weight is 313 g/mol. The van der Waals surface area contributed by atoms with Crippen LogP contribution in [0.15, 0.2) is 28.7 Å². The number of hydrogen-bond acceptors (Lipinski definition) is 2. The Labute approximate surface area is 103 Å². The van der Waals surface area contributed by atoms with Gasteiger partial charge >= 0.3 is 0 Å². The standard InChI is InChI=1S/C9H11BrClNO2S/c10-8-4-1-2-5-9(8)12-15(13,14)7-3-6-11/h1-2,4-5,12H,3,6-7H2. The monoisotopic (exact) mass is 311 g/mol. The molecule has 84 valence electrons. The second-order valence-electron chi connectivity index (χ2n) is 2.94. The first kappa shape index (κ1) is 12.8. The van der Waals surface area contributed by atoms with Gasteiger partial charge in [0.1, 0.15) is 0 Å². The summed E-state index contributed by atoms with van der Waals surface area (Å²) in [4.78, 5) is 0. The predicted octanol–water partition coefficient (Wildman–Crippen LogP) is 2.82. The first-order valence-corrected chi connectivity index (χ1v) is 7.34. The zero-order valence-corrected chi connectivity index (χ0v) is 11.1. The quantitative estimate of drug-likeness (QED) is 0.850. The van der Waals surface area contributed by atoms with Crippen molar-refractivity contribution in [3.63, 3.8) is 0 Å². The van der Waals surface area contributed by atoms with Crippen LogP contribution in [0.2, 0.25) is 0 Å². The van der Waals surface area contributed by atoms with Crippen LogP contribution in [0.5, 0.6) is 0 Å². The number of halogens is 2. The fourth-order valence-corrected chi connectivity index (χ4v) is 2.95. The zero-order valence-electron chi connectivity index (χ0n) is 7.91. The van der Waals surface area contributed by atoms with Crippen LogP contribution in [-0.4, -0.2) is 20.1 Å². The number of sulfonamides is 1. The van der Waals surface area contributed by atoms with E-state index in [0.29, 0.717) is 18.0 Å². The lowest BCUT2D eigenvalue weighted by atomic mass is 10.3. The van der Waals surface area contributed by atoms with Crippen molar-refractivity contribution in [2.45, 2.75) is 6.42 Å². The largest absolute Gasteiger partial charge is 0.282 e. The van der Waals surface area contributed by atoms with Crippen LogP contribution in [0, 0.1) is 0 Å². The molecule has 0 aliphatic carbocycles. The molecule has 0 aliphatic rings. The van der Waals surface area contributed by atoms with Crippen molar-refractivity contribution in [2.75, 3.05) is 16.4 Å². The molecule has 1 aromatic carbocycles. The van der Waals surface area contributed by atoms with Crippen LogP contribution in [-0.2, 0) is 10.0 Å². The molecule has 0 bridgehead atoms. The number of rotatable bonds is 5. The SMILES string of the molecule is O=S(=O)(CCCCl)Nc1ccccc1Br. The molecule has 1 rings (SSSR count). The number of alkyl halides is 1. The Morgan fingerprint density at radius 2 is 2.00 bits per heavy atom. The third-order valence-electron chi connectivity index (χ3n) is 1.69. The number of anilines is 1. The van der Waals surface area contributed by atoms with Crippen molar-refractivity contribution in [1.29, 1.82) is 0 Å². The Bertz CT molecular complexity index is 422. The van der Waals surface area contributed by atoms with Gasteiger partial charge in [-0.1, -0.05) is 12.1 Å². The molecule has 0 saturated heterocycles. The topological polar surface area (TPSA) is 46.2 Å². The van der Waals surface area contributed by atoms with E-state index in [-0.39, 0.29) is 5.75 Å². The summed E-state index contributed by atoms with van der Waals surface area (Å²) >= 11 is 8.70. The van der Waals surface area contributed by atoms with Gasteiger partial charge in [-0.15, -0.1) is 11.6 Å². The van der Waals surface area contributed by atoms with E-state index < -0.39 is 10.0 Å². The van der Waals surface area contributed by atoms with Gasteiger partial charge in [-0.3, -0.25) is 4.72 Å². The first-order valence-electron chi connectivity index (χ1n) is 4.36. The van der Waals surface area contributed by atoms with Gasteiger partial charge in [0, 0.05) is 10.4 Å². The van der Waals surface area contributed by atoms with Gasteiger partial charge < -0.3 is 0 Å². The van der Waals surface area contributed by atoms with E-state index in [0.717, 1.165) is 4.47 Å². The smallest absolute Gasteiger partial charge is 0.232 e. The van der Waals surface area contributed by atoms with Gasteiger partial charge in [0.25, 0.3) is 0 Å². The van der Waals surface area contributed by atoms with Crippen LogP contribution in [0.1, 0.15) is 6.42 Å². The molecule has 0 saturated carbocycles. The molecular formula is C9H11BrClNO2S. The van der Waals surface area contributed by atoms with E-state index in [1.165, 1.54) is 0 Å². The van der Waals surface area contributed by atoms with E-state index in [1.807, 2.05) is 6.07 Å². The molecule has 0 unspecified atom stereocenters. The fourth-order valence-electron chi connectivity index (χ4n) is 1.01. The maximum absolute atomic E-state index is 11.5. The molecule has 0 radical (unpaired) electrons. The zero-order chi connectivity index (χ0) is 11.3. The van der Waals surface area contributed by atoms with Crippen LogP contribution < -0.4 is 4.72 Å². The van der Waals surface area contributed by atoms with Gasteiger partial charge in [-0.05, 0) is 34.5 Å². The summed E-state index contributed by atoms with van der Waals surface area (Å²) in [6, 6.07) is 7.06. The van der Waals surface area contributed by atoms with Gasteiger partial charge in [0.2, 0.25) is 10.0 Å². The Morgan fingerprint density at radius 3 is 2.60 bits per heavy atom. The summed E-state index contributed by atoms with van der Waals surface area (Å²) < 4.78 is 26.3. The summed E-state index contributed by atoms with van der Waals surface area (Å²) in [6.07, 6.45) is 0.446. The van der Waals surface area contributed by atoms with Crippen molar-refractivity contribution in [2.24, 2.45) is 0 Å². The number of hydrogen-bond donors (Lipinski definition) is 1. The average Bonchev–Trinajstić information content (AvgIpc) is 2.18. The predicted molar refractivity (Wildman–Crippen MR) is 66.9 cm³/mol. The highest BCUT2D eigenvalue weighted by Crippen LogP contribution is 2.22. The third-order valence-corrected chi connectivity index (χ3v) is 4.00. The highest BCUT2D eigenvalue weighted by molar-refractivity contribution is 9.10. The molecule has 0 fully saturated rings. The van der Waals surface area contributed by atoms with Crippen molar-refractivity contribution in [3.8, 4) is 0 Å². The first-order chi connectivity index (χ1) is 7.05. The van der Waals surface area contributed by atoms with Gasteiger partial charge in [-0.25, -0.2) is 8.42 Å². The highest BCUT2D eigenvalue weighted by atomic mass is 79.9.